The number of hydrogen-bond donors (Lipinski definition) is 2. The van der Waals surface area contributed by atoms with Crippen molar-refractivity contribution in [1.29, 1.82) is 0 Å². The largest absolute Gasteiger partial charge is 0.392 e. The highest BCUT2D eigenvalue weighted by Gasteiger charge is 2.38. The Bertz CT molecular complexity index is 400. The second kappa shape index (κ2) is 4.04. The highest BCUT2D eigenvalue weighted by molar-refractivity contribution is 5.04. The Morgan fingerprint density at radius 3 is 3.06 bits per heavy atom. The predicted octanol–water partition coefficient (Wildman–Crippen LogP) is 0.490. The van der Waals surface area contributed by atoms with E-state index in [-0.39, 0.29) is 12.1 Å². The van der Waals surface area contributed by atoms with Crippen LogP contribution in [0.4, 0.5) is 0 Å². The van der Waals surface area contributed by atoms with Crippen LogP contribution < -0.4 is 5.32 Å². The van der Waals surface area contributed by atoms with Gasteiger partial charge in [0.15, 0.2) is 0 Å². The van der Waals surface area contributed by atoms with E-state index in [0.29, 0.717) is 24.7 Å². The summed E-state index contributed by atoms with van der Waals surface area (Å²) < 4.78 is 10.9. The van der Waals surface area contributed by atoms with Gasteiger partial charge in [-0.2, -0.15) is 4.98 Å². The average molecular weight is 239 g/mol. The number of hydrogen-bond acceptors (Lipinski definition) is 6. The van der Waals surface area contributed by atoms with Crippen molar-refractivity contribution < 1.29 is 14.4 Å². The summed E-state index contributed by atoms with van der Waals surface area (Å²) in [5, 5.41) is 16.6. The number of rotatable bonds is 2. The molecule has 2 saturated heterocycles. The van der Waals surface area contributed by atoms with Crippen LogP contribution in [0.25, 0.3) is 0 Å². The van der Waals surface area contributed by atoms with Crippen LogP contribution in [0.5, 0.6) is 0 Å². The fourth-order valence-electron chi connectivity index (χ4n) is 2.45. The van der Waals surface area contributed by atoms with Gasteiger partial charge in [0.25, 0.3) is 0 Å². The van der Waals surface area contributed by atoms with E-state index in [9.17, 15) is 5.11 Å². The maximum atomic E-state index is 9.45. The van der Waals surface area contributed by atoms with Gasteiger partial charge in [-0.05, 0) is 26.2 Å². The van der Waals surface area contributed by atoms with Gasteiger partial charge in [0.05, 0.1) is 12.1 Å². The van der Waals surface area contributed by atoms with Crippen molar-refractivity contribution in [2.45, 2.75) is 43.9 Å². The highest BCUT2D eigenvalue weighted by atomic mass is 16.5. The summed E-state index contributed by atoms with van der Waals surface area (Å²) in [5.74, 6) is 1.17. The first kappa shape index (κ1) is 11.1. The minimum atomic E-state index is -0.404. The van der Waals surface area contributed by atoms with E-state index < -0.39 is 5.60 Å². The number of aliphatic hydroxyl groups is 1. The lowest BCUT2D eigenvalue weighted by Crippen LogP contribution is -2.22. The molecule has 0 spiro atoms. The topological polar surface area (TPSA) is 80.4 Å². The maximum Gasteiger partial charge on any atom is 0.243 e. The normalized spacial score (nSPS) is 37.8. The average Bonchev–Trinajstić information content (AvgIpc) is 2.96. The molecule has 0 aromatic carbocycles. The summed E-state index contributed by atoms with van der Waals surface area (Å²) >= 11 is 0. The predicted molar refractivity (Wildman–Crippen MR) is 58.2 cm³/mol. The molecule has 2 fully saturated rings. The Hall–Kier alpha value is -0.980. The summed E-state index contributed by atoms with van der Waals surface area (Å²) in [5.41, 5.74) is -0.404. The van der Waals surface area contributed by atoms with Crippen LogP contribution in [-0.2, 0) is 10.3 Å². The molecule has 6 heteroatoms. The summed E-state index contributed by atoms with van der Waals surface area (Å²) in [7, 11) is 0. The molecule has 3 atom stereocenters. The Kier molecular flexibility index (Phi) is 2.65. The molecule has 2 aliphatic heterocycles. The molecule has 3 heterocycles. The molecule has 0 amide bonds. The van der Waals surface area contributed by atoms with E-state index in [1.807, 2.05) is 6.92 Å². The molecule has 1 unspecified atom stereocenters. The first-order chi connectivity index (χ1) is 8.17. The molecule has 2 N–H and O–H groups in total. The SMILES string of the molecule is CC1(c2noc([C@@H]3C[C@H](O)CN3)n2)CCCO1. The molecule has 0 radical (unpaired) electrons. The third-order valence-electron chi connectivity index (χ3n) is 3.54. The minimum Gasteiger partial charge on any atom is -0.392 e. The summed E-state index contributed by atoms with van der Waals surface area (Å²) in [6.07, 6.45) is 2.25. The number of aliphatic hydroxyl groups excluding tert-OH is 1. The van der Waals surface area contributed by atoms with Crippen LogP contribution in [0.3, 0.4) is 0 Å². The molecule has 1 aromatic heterocycles. The van der Waals surface area contributed by atoms with E-state index in [1.54, 1.807) is 0 Å². The van der Waals surface area contributed by atoms with Crippen molar-refractivity contribution in [3.63, 3.8) is 0 Å². The fraction of sp³-hybridized carbons (Fsp3) is 0.818. The van der Waals surface area contributed by atoms with E-state index in [1.165, 1.54) is 0 Å². The molecule has 1 aromatic rings. The molecule has 3 rings (SSSR count). The first-order valence-corrected chi connectivity index (χ1v) is 6.07. The van der Waals surface area contributed by atoms with Gasteiger partial charge >= 0.3 is 0 Å². The zero-order chi connectivity index (χ0) is 11.9. The molecule has 17 heavy (non-hydrogen) atoms. The first-order valence-electron chi connectivity index (χ1n) is 6.07. The van der Waals surface area contributed by atoms with Gasteiger partial charge in [-0.25, -0.2) is 0 Å². The summed E-state index contributed by atoms with van der Waals surface area (Å²) in [6, 6.07) is -0.0312. The zero-order valence-electron chi connectivity index (χ0n) is 9.85. The number of ether oxygens (including phenoxy) is 1. The third-order valence-corrected chi connectivity index (χ3v) is 3.54. The molecule has 0 saturated carbocycles. The number of aromatic nitrogens is 2. The van der Waals surface area contributed by atoms with Crippen molar-refractivity contribution in [3.05, 3.63) is 11.7 Å². The van der Waals surface area contributed by atoms with E-state index >= 15 is 0 Å². The lowest BCUT2D eigenvalue weighted by atomic mass is 10.0. The Morgan fingerprint density at radius 1 is 1.53 bits per heavy atom. The lowest BCUT2D eigenvalue weighted by Gasteiger charge is -2.17. The van der Waals surface area contributed by atoms with E-state index in [2.05, 4.69) is 15.5 Å². The van der Waals surface area contributed by atoms with Crippen LogP contribution in [-0.4, -0.2) is 34.5 Å². The highest BCUT2D eigenvalue weighted by Crippen LogP contribution is 2.34. The van der Waals surface area contributed by atoms with Gasteiger partial charge in [-0.1, -0.05) is 5.16 Å². The Labute approximate surface area is 99.3 Å². The van der Waals surface area contributed by atoms with Crippen LogP contribution in [0, 0.1) is 0 Å². The smallest absolute Gasteiger partial charge is 0.243 e. The van der Waals surface area contributed by atoms with Crippen molar-refractivity contribution in [1.82, 2.24) is 15.5 Å². The van der Waals surface area contributed by atoms with Crippen LogP contribution >= 0.6 is 0 Å². The molecule has 94 valence electrons. The second-order valence-corrected chi connectivity index (χ2v) is 4.99. The monoisotopic (exact) mass is 239 g/mol. The molecular weight excluding hydrogens is 222 g/mol. The molecule has 6 nitrogen and oxygen atoms in total. The molecule has 0 bridgehead atoms. The van der Waals surface area contributed by atoms with Crippen LogP contribution in [0.2, 0.25) is 0 Å². The maximum absolute atomic E-state index is 9.45. The van der Waals surface area contributed by atoms with Crippen molar-refractivity contribution in [3.8, 4) is 0 Å². The van der Waals surface area contributed by atoms with Crippen LogP contribution in [0.1, 0.15) is 43.9 Å². The fourth-order valence-corrected chi connectivity index (χ4v) is 2.45. The molecular formula is C11H17N3O3. The van der Waals surface area contributed by atoms with Gasteiger partial charge < -0.3 is 19.7 Å². The summed E-state index contributed by atoms with van der Waals surface area (Å²) in [4.78, 5) is 4.40. The van der Waals surface area contributed by atoms with Gasteiger partial charge in [-0.15, -0.1) is 0 Å². The number of β-amino-alcohol motifs (C(OH)–C–C–N with tert-alkyl or cyclic N) is 1. The summed E-state index contributed by atoms with van der Waals surface area (Å²) in [6.45, 7) is 3.32. The Morgan fingerprint density at radius 2 is 2.41 bits per heavy atom. The minimum absolute atomic E-state index is 0.0312. The van der Waals surface area contributed by atoms with Crippen LogP contribution in [0.15, 0.2) is 4.52 Å². The van der Waals surface area contributed by atoms with Gasteiger partial charge in [0.2, 0.25) is 11.7 Å². The Balaban J connectivity index is 1.78. The third kappa shape index (κ3) is 1.96. The standard InChI is InChI=1S/C11H17N3O3/c1-11(3-2-4-16-11)10-13-9(17-14-10)8-5-7(15)6-12-8/h7-8,12,15H,2-6H2,1H3/t7-,8-,11?/m0/s1. The van der Waals surface area contributed by atoms with Gasteiger partial charge in [-0.3, -0.25) is 0 Å². The van der Waals surface area contributed by atoms with E-state index in [4.69, 9.17) is 9.26 Å². The lowest BCUT2D eigenvalue weighted by molar-refractivity contribution is 0.00768. The number of nitrogens with zero attached hydrogens (tertiary/aromatic N) is 2. The van der Waals surface area contributed by atoms with Gasteiger partial charge in [0, 0.05) is 13.2 Å². The van der Waals surface area contributed by atoms with E-state index in [0.717, 1.165) is 19.4 Å². The molecule has 0 aliphatic carbocycles. The van der Waals surface area contributed by atoms with Crippen molar-refractivity contribution in [2.24, 2.45) is 0 Å². The van der Waals surface area contributed by atoms with Crippen molar-refractivity contribution >= 4 is 0 Å². The zero-order valence-corrected chi connectivity index (χ0v) is 9.85. The molecule has 2 aliphatic rings. The van der Waals surface area contributed by atoms with Crippen molar-refractivity contribution in [2.75, 3.05) is 13.2 Å². The quantitative estimate of drug-likeness (QED) is 0.781. The second-order valence-electron chi connectivity index (χ2n) is 4.99. The number of nitrogens with one attached hydrogen (secondary N) is 1. The van der Waals surface area contributed by atoms with Gasteiger partial charge in [0.1, 0.15) is 5.60 Å².